The lowest BCUT2D eigenvalue weighted by atomic mass is 10.1. The van der Waals surface area contributed by atoms with Crippen LogP contribution in [-0.4, -0.2) is 43.1 Å². The van der Waals surface area contributed by atoms with Crippen LogP contribution in [0.4, 0.5) is 4.79 Å². The van der Waals surface area contributed by atoms with E-state index in [0.29, 0.717) is 10.6 Å². The maximum Gasteiger partial charge on any atom is 0.344 e. The van der Waals surface area contributed by atoms with E-state index in [1.54, 1.807) is 37.3 Å². The lowest BCUT2D eigenvalue weighted by Gasteiger charge is -2.13. The van der Waals surface area contributed by atoms with Crippen LogP contribution >= 0.6 is 23.2 Å². The molecule has 0 aliphatic carbocycles. The number of ether oxygens (including phenoxy) is 3. The highest BCUT2D eigenvalue weighted by Crippen LogP contribution is 2.37. The number of methoxy groups -OCH3 is 1. The third-order valence-electron chi connectivity index (χ3n) is 4.42. The van der Waals surface area contributed by atoms with Crippen LogP contribution in [0.5, 0.6) is 11.5 Å². The van der Waals surface area contributed by atoms with Gasteiger partial charge in [0.1, 0.15) is 5.70 Å². The number of urea groups is 1. The number of benzene rings is 2. The molecule has 168 valence electrons. The van der Waals surface area contributed by atoms with E-state index in [4.69, 9.17) is 37.4 Å². The number of nitrogens with one attached hydrogen (secondary N) is 1. The summed E-state index contributed by atoms with van der Waals surface area (Å²) in [6.45, 7) is 1.68. The first-order valence-corrected chi connectivity index (χ1v) is 10.3. The molecule has 10 heteroatoms. The Morgan fingerprint density at radius 2 is 1.88 bits per heavy atom. The monoisotopic (exact) mass is 478 g/mol. The van der Waals surface area contributed by atoms with Gasteiger partial charge in [-0.25, -0.2) is 9.59 Å². The molecule has 1 fully saturated rings. The van der Waals surface area contributed by atoms with Crippen LogP contribution < -0.4 is 14.8 Å². The number of hydrogen-bond donors (Lipinski definition) is 1. The molecule has 0 bridgehead atoms. The van der Waals surface area contributed by atoms with E-state index in [2.05, 4.69) is 5.32 Å². The normalized spacial score (nSPS) is 14.5. The van der Waals surface area contributed by atoms with Gasteiger partial charge in [0.15, 0.2) is 18.1 Å². The number of rotatable bonds is 8. The summed E-state index contributed by atoms with van der Waals surface area (Å²) in [6, 6.07) is 9.41. The molecular formula is C22H20Cl2N2O6. The molecule has 0 saturated carbocycles. The number of carbonyl (C=O) groups is 3. The largest absolute Gasteiger partial charge is 0.493 e. The molecule has 0 spiro atoms. The Hall–Kier alpha value is -3.23. The molecule has 0 unspecified atom stereocenters. The minimum Gasteiger partial charge on any atom is -0.493 e. The Labute approximate surface area is 194 Å². The fourth-order valence-corrected chi connectivity index (χ4v) is 3.35. The molecule has 1 N–H and O–H groups in total. The molecule has 1 heterocycles. The highest BCUT2D eigenvalue weighted by Gasteiger charge is 2.33. The summed E-state index contributed by atoms with van der Waals surface area (Å²) in [6.07, 6.45) is 1.48. The summed E-state index contributed by atoms with van der Waals surface area (Å²) in [5, 5.41) is 3.28. The predicted molar refractivity (Wildman–Crippen MR) is 119 cm³/mol. The molecule has 8 nitrogen and oxygen atoms in total. The summed E-state index contributed by atoms with van der Waals surface area (Å²) in [7, 11) is 1.41. The third kappa shape index (κ3) is 5.52. The third-order valence-corrected chi connectivity index (χ3v) is 4.95. The van der Waals surface area contributed by atoms with Crippen molar-refractivity contribution in [2.75, 3.05) is 20.3 Å². The van der Waals surface area contributed by atoms with Crippen LogP contribution in [0.25, 0.3) is 6.08 Å². The van der Waals surface area contributed by atoms with Crippen molar-refractivity contribution in [3.8, 4) is 11.5 Å². The molecule has 2 aromatic carbocycles. The second-order valence-corrected chi connectivity index (χ2v) is 7.48. The van der Waals surface area contributed by atoms with Gasteiger partial charge < -0.3 is 19.5 Å². The zero-order valence-corrected chi connectivity index (χ0v) is 18.8. The van der Waals surface area contributed by atoms with E-state index in [1.807, 2.05) is 0 Å². The van der Waals surface area contributed by atoms with Gasteiger partial charge in [-0.15, -0.1) is 0 Å². The molecule has 3 amide bonds. The minimum absolute atomic E-state index is 0.0854. The molecule has 1 saturated heterocycles. The first kappa shape index (κ1) is 23.4. The van der Waals surface area contributed by atoms with E-state index >= 15 is 0 Å². The van der Waals surface area contributed by atoms with E-state index in [9.17, 15) is 14.4 Å². The smallest absolute Gasteiger partial charge is 0.344 e. The molecule has 2 aromatic rings. The van der Waals surface area contributed by atoms with Gasteiger partial charge in [0, 0.05) is 5.02 Å². The summed E-state index contributed by atoms with van der Waals surface area (Å²) < 4.78 is 15.5. The average molecular weight is 479 g/mol. The van der Waals surface area contributed by atoms with Gasteiger partial charge in [0.25, 0.3) is 5.91 Å². The summed E-state index contributed by atoms with van der Waals surface area (Å²) in [5.41, 5.74) is 1.33. The first-order chi connectivity index (χ1) is 15.3. The Morgan fingerprint density at radius 1 is 1.16 bits per heavy atom. The van der Waals surface area contributed by atoms with E-state index in [0.717, 1.165) is 10.5 Å². The number of esters is 1. The Morgan fingerprint density at radius 3 is 2.53 bits per heavy atom. The van der Waals surface area contributed by atoms with E-state index in [1.165, 1.54) is 19.3 Å². The van der Waals surface area contributed by atoms with Crippen LogP contribution in [0.15, 0.2) is 42.1 Å². The maximum absolute atomic E-state index is 12.7. The van der Waals surface area contributed by atoms with Crippen molar-refractivity contribution < 1.29 is 28.6 Å². The van der Waals surface area contributed by atoms with Crippen LogP contribution in [0.3, 0.4) is 0 Å². The van der Waals surface area contributed by atoms with Gasteiger partial charge >= 0.3 is 12.0 Å². The number of hydrogen-bond acceptors (Lipinski definition) is 6. The van der Waals surface area contributed by atoms with E-state index in [-0.39, 0.29) is 42.0 Å². The molecule has 1 aliphatic heterocycles. The van der Waals surface area contributed by atoms with Gasteiger partial charge in [0.05, 0.1) is 25.3 Å². The second-order valence-electron chi connectivity index (χ2n) is 6.63. The summed E-state index contributed by atoms with van der Waals surface area (Å²) in [5.74, 6) is -0.613. The molecule has 3 rings (SSSR count). The Kier molecular flexibility index (Phi) is 7.61. The number of imide groups is 1. The minimum atomic E-state index is -0.545. The van der Waals surface area contributed by atoms with Crippen molar-refractivity contribution in [3.63, 3.8) is 0 Å². The molecule has 0 radical (unpaired) electrons. The second kappa shape index (κ2) is 10.4. The summed E-state index contributed by atoms with van der Waals surface area (Å²) >= 11 is 12.2. The predicted octanol–water partition coefficient (Wildman–Crippen LogP) is 4.04. The molecule has 0 aromatic heterocycles. The van der Waals surface area contributed by atoms with Gasteiger partial charge in [-0.2, -0.15) is 0 Å². The van der Waals surface area contributed by atoms with Crippen LogP contribution in [0.2, 0.25) is 10.0 Å². The van der Waals surface area contributed by atoms with Crippen molar-refractivity contribution in [3.05, 3.63) is 63.3 Å². The average Bonchev–Trinajstić information content (AvgIpc) is 3.01. The van der Waals surface area contributed by atoms with Crippen LogP contribution in [0.1, 0.15) is 18.1 Å². The van der Waals surface area contributed by atoms with Gasteiger partial charge in [-0.1, -0.05) is 35.3 Å². The van der Waals surface area contributed by atoms with Crippen LogP contribution in [-0.2, 0) is 20.9 Å². The highest BCUT2D eigenvalue weighted by molar-refractivity contribution is 6.32. The SMILES string of the molecule is CCOC(=O)COc1c(Cl)cc(/C=C2\NC(=O)N(Cc3ccc(Cl)cc3)C2=O)cc1OC. The fraction of sp³-hybridized carbons (Fsp3) is 0.227. The van der Waals surface area contributed by atoms with Crippen molar-refractivity contribution in [1.29, 1.82) is 0 Å². The number of nitrogens with zero attached hydrogens (tertiary/aromatic N) is 1. The zero-order chi connectivity index (χ0) is 23.3. The lowest BCUT2D eigenvalue weighted by molar-refractivity contribution is -0.145. The summed E-state index contributed by atoms with van der Waals surface area (Å²) in [4.78, 5) is 37.7. The van der Waals surface area contributed by atoms with Crippen molar-refractivity contribution in [2.24, 2.45) is 0 Å². The number of carbonyl (C=O) groups excluding carboxylic acids is 3. The van der Waals surface area contributed by atoms with E-state index < -0.39 is 17.9 Å². The van der Waals surface area contributed by atoms with Gasteiger partial charge in [0.2, 0.25) is 0 Å². The van der Waals surface area contributed by atoms with Crippen LogP contribution in [0, 0.1) is 0 Å². The Balaban J connectivity index is 1.79. The van der Waals surface area contributed by atoms with Gasteiger partial charge in [-0.3, -0.25) is 9.69 Å². The lowest BCUT2D eigenvalue weighted by Crippen LogP contribution is -2.30. The van der Waals surface area contributed by atoms with Crippen molar-refractivity contribution >= 4 is 47.2 Å². The maximum atomic E-state index is 12.7. The quantitative estimate of drug-likeness (QED) is 0.349. The number of halogens is 2. The molecule has 0 atom stereocenters. The van der Waals surface area contributed by atoms with Crippen molar-refractivity contribution in [2.45, 2.75) is 13.5 Å². The zero-order valence-electron chi connectivity index (χ0n) is 17.3. The Bertz CT molecular complexity index is 1070. The molecule has 32 heavy (non-hydrogen) atoms. The number of amides is 3. The standard InChI is InChI=1S/C22H20Cl2N2O6/c1-3-31-19(27)12-32-20-16(24)8-14(10-18(20)30-2)9-17-21(28)26(22(29)25-17)11-13-4-6-15(23)7-5-13/h4-10H,3,11-12H2,1-2H3,(H,25,29)/b17-9-. The first-order valence-electron chi connectivity index (χ1n) is 9.57. The van der Waals surface area contributed by atoms with Crippen molar-refractivity contribution in [1.82, 2.24) is 10.2 Å². The highest BCUT2D eigenvalue weighted by atomic mass is 35.5. The molecule has 1 aliphatic rings. The van der Waals surface area contributed by atoms with Gasteiger partial charge in [-0.05, 0) is 48.4 Å². The fourth-order valence-electron chi connectivity index (χ4n) is 2.95. The topological polar surface area (TPSA) is 94.2 Å². The molecular weight excluding hydrogens is 459 g/mol.